The van der Waals surface area contributed by atoms with Crippen LogP contribution in [0.1, 0.15) is 62.6 Å². The summed E-state index contributed by atoms with van der Waals surface area (Å²) in [4.78, 5) is 14.5. The molecule has 0 radical (unpaired) electrons. The fourth-order valence-electron chi connectivity index (χ4n) is 2.83. The molecule has 1 aliphatic rings. The summed E-state index contributed by atoms with van der Waals surface area (Å²) in [6.07, 6.45) is 9.12. The number of nitriles is 1. The van der Waals surface area contributed by atoms with E-state index in [0.29, 0.717) is 6.10 Å². The van der Waals surface area contributed by atoms with E-state index >= 15 is 0 Å². The molecule has 28 heavy (non-hydrogen) atoms. The van der Waals surface area contributed by atoms with Crippen molar-refractivity contribution >= 4 is 12.1 Å². The van der Waals surface area contributed by atoms with E-state index < -0.39 is 5.91 Å². The lowest BCUT2D eigenvalue weighted by Crippen LogP contribution is -2.20. The Hall–Kier alpha value is -2.81. The van der Waals surface area contributed by atoms with Crippen LogP contribution < -0.4 is 16.2 Å². The minimum absolute atomic E-state index is 0.143. The molecule has 4 N–H and O–H groups in total. The summed E-state index contributed by atoms with van der Waals surface area (Å²) in [7, 11) is 0. The van der Waals surface area contributed by atoms with Gasteiger partial charge in [-0.1, -0.05) is 6.42 Å². The van der Waals surface area contributed by atoms with Crippen molar-refractivity contribution in [3.05, 3.63) is 40.6 Å². The van der Waals surface area contributed by atoms with Gasteiger partial charge in [0.2, 0.25) is 0 Å². The van der Waals surface area contributed by atoms with E-state index in [1.54, 1.807) is 0 Å². The van der Waals surface area contributed by atoms with Gasteiger partial charge < -0.3 is 16.2 Å². The SMILES string of the molecule is CC(C)N=C/C(=C\N)C(N)=O.Cc1c(C#N)ccc(OC2CCCCC2)c1C. The van der Waals surface area contributed by atoms with Crippen LogP contribution >= 0.6 is 0 Å². The molecule has 0 aromatic heterocycles. The molecule has 1 saturated carbocycles. The van der Waals surface area contributed by atoms with Crippen LogP contribution in [0, 0.1) is 25.2 Å². The summed E-state index contributed by atoms with van der Waals surface area (Å²) >= 11 is 0. The smallest absolute Gasteiger partial charge is 0.251 e. The van der Waals surface area contributed by atoms with Gasteiger partial charge in [0.05, 0.1) is 23.3 Å². The van der Waals surface area contributed by atoms with E-state index in [9.17, 15) is 4.79 Å². The number of ether oxygens (including phenoxy) is 1. The van der Waals surface area contributed by atoms with Crippen LogP contribution in [-0.4, -0.2) is 24.3 Å². The minimum atomic E-state index is -0.558. The van der Waals surface area contributed by atoms with E-state index in [-0.39, 0.29) is 11.6 Å². The maximum Gasteiger partial charge on any atom is 0.251 e. The zero-order valence-electron chi connectivity index (χ0n) is 17.4. The van der Waals surface area contributed by atoms with Gasteiger partial charge in [0.25, 0.3) is 5.91 Å². The lowest BCUT2D eigenvalue weighted by molar-refractivity contribution is -0.114. The molecule has 0 aliphatic heterocycles. The Balaban J connectivity index is 0.000000311. The first kappa shape index (κ1) is 23.2. The van der Waals surface area contributed by atoms with Gasteiger partial charge in [-0.25, -0.2) is 0 Å². The van der Waals surface area contributed by atoms with Crippen molar-refractivity contribution < 1.29 is 9.53 Å². The molecule has 6 heteroatoms. The molecule has 152 valence electrons. The molecule has 0 bridgehead atoms. The zero-order chi connectivity index (χ0) is 21.1. The van der Waals surface area contributed by atoms with E-state index in [4.69, 9.17) is 21.5 Å². The van der Waals surface area contributed by atoms with Crippen molar-refractivity contribution in [3.63, 3.8) is 0 Å². The number of carbonyl (C=O) groups is 1. The summed E-state index contributed by atoms with van der Waals surface area (Å²) in [5.41, 5.74) is 13.2. The van der Waals surface area contributed by atoms with Gasteiger partial charge in [0, 0.05) is 18.5 Å². The van der Waals surface area contributed by atoms with Crippen molar-refractivity contribution in [2.24, 2.45) is 16.5 Å². The Morgan fingerprint density at radius 2 is 1.89 bits per heavy atom. The third-order valence-corrected chi connectivity index (χ3v) is 4.68. The number of hydrogen-bond donors (Lipinski definition) is 2. The Labute approximate surface area is 168 Å². The lowest BCUT2D eigenvalue weighted by atomic mass is 9.97. The predicted octanol–water partition coefficient (Wildman–Crippen LogP) is 3.68. The van der Waals surface area contributed by atoms with Gasteiger partial charge in [-0.05, 0) is 76.6 Å². The first-order chi connectivity index (χ1) is 13.3. The maximum atomic E-state index is 10.5. The van der Waals surface area contributed by atoms with Gasteiger partial charge in [-0.2, -0.15) is 5.26 Å². The van der Waals surface area contributed by atoms with E-state index in [1.807, 2.05) is 39.8 Å². The predicted molar refractivity (Wildman–Crippen MR) is 113 cm³/mol. The summed E-state index contributed by atoms with van der Waals surface area (Å²) in [5, 5.41) is 8.96. The van der Waals surface area contributed by atoms with Crippen molar-refractivity contribution in [2.75, 3.05) is 0 Å². The number of rotatable bonds is 5. The van der Waals surface area contributed by atoms with Crippen LogP contribution in [0.5, 0.6) is 5.75 Å². The average Bonchev–Trinajstić information content (AvgIpc) is 2.67. The highest BCUT2D eigenvalue weighted by Crippen LogP contribution is 2.28. The standard InChI is InChI=1S/C15H19NO.C7H13N3O/c1-11-12(2)15(9-8-13(11)10-16)17-14-6-4-3-5-7-14;1-5(2)10-4-6(3-8)7(9)11/h8-9,14H,3-7H2,1-2H3;3-5H,8H2,1-2H3,(H2,9,11)/b;6-3+,10-4?. The zero-order valence-corrected chi connectivity index (χ0v) is 17.4. The maximum absolute atomic E-state index is 10.5. The van der Waals surface area contributed by atoms with Crippen molar-refractivity contribution in [1.29, 1.82) is 5.26 Å². The monoisotopic (exact) mass is 384 g/mol. The highest BCUT2D eigenvalue weighted by atomic mass is 16.5. The van der Waals surface area contributed by atoms with Gasteiger partial charge in [-0.3, -0.25) is 9.79 Å². The number of aliphatic imine (C=N–C) groups is 1. The molecular formula is C22H32N4O2. The molecule has 1 aromatic carbocycles. The normalized spacial score (nSPS) is 15.1. The summed E-state index contributed by atoms with van der Waals surface area (Å²) in [6.45, 7) is 7.81. The molecule has 6 nitrogen and oxygen atoms in total. The van der Waals surface area contributed by atoms with E-state index in [0.717, 1.165) is 28.6 Å². The molecule has 0 saturated heterocycles. The van der Waals surface area contributed by atoms with Crippen LogP contribution in [0.3, 0.4) is 0 Å². The van der Waals surface area contributed by atoms with Crippen LogP contribution in [0.4, 0.5) is 0 Å². The van der Waals surface area contributed by atoms with Gasteiger partial charge in [0.15, 0.2) is 0 Å². The minimum Gasteiger partial charge on any atom is -0.490 e. The number of hydrogen-bond acceptors (Lipinski definition) is 5. The van der Waals surface area contributed by atoms with E-state index in [1.165, 1.54) is 38.3 Å². The largest absolute Gasteiger partial charge is 0.490 e. The second-order valence-corrected chi connectivity index (χ2v) is 7.21. The summed E-state index contributed by atoms with van der Waals surface area (Å²) in [6, 6.07) is 6.16. The van der Waals surface area contributed by atoms with Crippen LogP contribution in [0.2, 0.25) is 0 Å². The van der Waals surface area contributed by atoms with Crippen LogP contribution in [-0.2, 0) is 4.79 Å². The number of amides is 1. The Morgan fingerprint density at radius 1 is 1.25 bits per heavy atom. The highest BCUT2D eigenvalue weighted by molar-refractivity contribution is 6.11. The van der Waals surface area contributed by atoms with Crippen LogP contribution in [0.25, 0.3) is 0 Å². The number of primary amides is 1. The molecule has 1 aliphatic carbocycles. The Kier molecular flexibility index (Phi) is 9.80. The fourth-order valence-corrected chi connectivity index (χ4v) is 2.83. The second-order valence-electron chi connectivity index (χ2n) is 7.21. The van der Waals surface area contributed by atoms with E-state index in [2.05, 4.69) is 11.1 Å². The van der Waals surface area contributed by atoms with Gasteiger partial charge in [-0.15, -0.1) is 0 Å². The number of nitrogens with two attached hydrogens (primary N) is 2. The number of benzene rings is 1. The van der Waals surface area contributed by atoms with Crippen molar-refractivity contribution in [1.82, 2.24) is 0 Å². The third kappa shape index (κ3) is 7.43. The molecule has 0 spiro atoms. The Bertz CT molecular complexity index is 755. The number of carbonyl (C=O) groups excluding carboxylic acids is 1. The van der Waals surface area contributed by atoms with Crippen molar-refractivity contribution in [2.45, 2.75) is 71.9 Å². The second kappa shape index (κ2) is 11.8. The molecule has 0 atom stereocenters. The topological polar surface area (TPSA) is 114 Å². The average molecular weight is 385 g/mol. The Morgan fingerprint density at radius 3 is 2.39 bits per heavy atom. The lowest BCUT2D eigenvalue weighted by Gasteiger charge is -2.24. The van der Waals surface area contributed by atoms with Crippen molar-refractivity contribution in [3.8, 4) is 11.8 Å². The first-order valence-electron chi connectivity index (χ1n) is 9.72. The van der Waals surface area contributed by atoms with Crippen LogP contribution in [0.15, 0.2) is 28.9 Å². The molecular weight excluding hydrogens is 352 g/mol. The quantitative estimate of drug-likeness (QED) is 0.595. The molecule has 2 rings (SSSR count). The third-order valence-electron chi connectivity index (χ3n) is 4.68. The summed E-state index contributed by atoms with van der Waals surface area (Å²) < 4.78 is 6.06. The molecule has 0 unspecified atom stereocenters. The first-order valence-corrected chi connectivity index (χ1v) is 9.72. The number of nitrogens with zero attached hydrogens (tertiary/aromatic N) is 2. The highest BCUT2D eigenvalue weighted by Gasteiger charge is 2.16. The molecule has 1 aromatic rings. The molecule has 1 amide bonds. The molecule has 1 fully saturated rings. The fraction of sp³-hybridized carbons (Fsp3) is 0.500. The van der Waals surface area contributed by atoms with Gasteiger partial charge >= 0.3 is 0 Å². The van der Waals surface area contributed by atoms with Gasteiger partial charge in [0.1, 0.15) is 5.75 Å². The summed E-state index contributed by atoms with van der Waals surface area (Å²) in [5.74, 6) is 0.394. The molecule has 0 heterocycles.